The normalized spacial score (nSPS) is 13.5. The van der Waals surface area contributed by atoms with E-state index in [1.54, 1.807) is 14.0 Å². The Morgan fingerprint density at radius 2 is 2.00 bits per heavy atom. The number of carbonyl (C=O) groups excluding carboxylic acids is 2. The fourth-order valence-corrected chi connectivity index (χ4v) is 1.60. The van der Waals surface area contributed by atoms with Gasteiger partial charge < -0.3 is 21.1 Å². The van der Waals surface area contributed by atoms with Gasteiger partial charge in [0, 0.05) is 13.7 Å². The number of methoxy groups -OCH3 is 1. The Hall–Kier alpha value is -1.21. The highest BCUT2D eigenvalue weighted by molar-refractivity contribution is 7.80. The van der Waals surface area contributed by atoms with Crippen LogP contribution in [0.5, 0.6) is 0 Å². The standard InChI is InChI=1S/C11H21N3O3S/c1-4-8(9(12)18)11(16)14-7(2)10(15)13-5-6-17-3/h7-8H,4-6H2,1-3H3,(H2,12,18)(H,13,15)(H,14,16). The molecule has 0 aromatic rings. The van der Waals surface area contributed by atoms with E-state index in [-0.39, 0.29) is 16.8 Å². The fourth-order valence-electron chi connectivity index (χ4n) is 1.32. The predicted octanol–water partition coefficient (Wildman–Crippen LogP) is -0.434. The fraction of sp³-hybridized carbons (Fsp3) is 0.727. The van der Waals surface area contributed by atoms with E-state index in [0.29, 0.717) is 19.6 Å². The van der Waals surface area contributed by atoms with E-state index in [1.807, 2.05) is 6.92 Å². The van der Waals surface area contributed by atoms with Crippen LogP contribution in [0.3, 0.4) is 0 Å². The third-order valence-corrected chi connectivity index (χ3v) is 2.71. The van der Waals surface area contributed by atoms with Gasteiger partial charge in [-0.05, 0) is 13.3 Å². The molecule has 0 bridgehead atoms. The van der Waals surface area contributed by atoms with Gasteiger partial charge >= 0.3 is 0 Å². The Bertz CT molecular complexity index is 310. The van der Waals surface area contributed by atoms with Crippen molar-refractivity contribution in [1.82, 2.24) is 10.6 Å². The molecule has 4 N–H and O–H groups in total. The first-order valence-corrected chi connectivity index (χ1v) is 6.21. The molecule has 0 heterocycles. The average molecular weight is 275 g/mol. The first-order valence-electron chi connectivity index (χ1n) is 5.80. The van der Waals surface area contributed by atoms with Crippen molar-refractivity contribution in [3.05, 3.63) is 0 Å². The predicted molar refractivity (Wildman–Crippen MR) is 73.1 cm³/mol. The molecule has 0 aromatic carbocycles. The number of rotatable bonds is 8. The zero-order valence-corrected chi connectivity index (χ0v) is 11.8. The van der Waals surface area contributed by atoms with Crippen LogP contribution in [0.15, 0.2) is 0 Å². The molecule has 0 radical (unpaired) electrons. The van der Waals surface area contributed by atoms with Crippen LogP contribution in [0, 0.1) is 5.92 Å². The van der Waals surface area contributed by atoms with E-state index in [4.69, 9.17) is 22.7 Å². The Morgan fingerprint density at radius 3 is 2.44 bits per heavy atom. The van der Waals surface area contributed by atoms with Crippen LogP contribution in [0.4, 0.5) is 0 Å². The number of nitrogens with two attached hydrogens (primary N) is 1. The molecule has 0 fully saturated rings. The van der Waals surface area contributed by atoms with Crippen molar-refractivity contribution in [3.8, 4) is 0 Å². The van der Waals surface area contributed by atoms with E-state index in [1.165, 1.54) is 0 Å². The van der Waals surface area contributed by atoms with Crippen molar-refractivity contribution >= 4 is 29.0 Å². The summed E-state index contributed by atoms with van der Waals surface area (Å²) in [5, 5.41) is 5.21. The van der Waals surface area contributed by atoms with Gasteiger partial charge in [-0.2, -0.15) is 0 Å². The lowest BCUT2D eigenvalue weighted by molar-refractivity contribution is -0.129. The molecule has 2 amide bonds. The summed E-state index contributed by atoms with van der Waals surface area (Å²) in [5.41, 5.74) is 5.45. The van der Waals surface area contributed by atoms with Gasteiger partial charge in [0.25, 0.3) is 0 Å². The van der Waals surface area contributed by atoms with E-state index < -0.39 is 12.0 Å². The summed E-state index contributed by atoms with van der Waals surface area (Å²) in [6, 6.07) is -0.627. The van der Waals surface area contributed by atoms with Gasteiger partial charge in [-0.1, -0.05) is 19.1 Å². The first kappa shape index (κ1) is 16.8. The lowest BCUT2D eigenvalue weighted by Crippen LogP contribution is -2.49. The number of hydrogen-bond donors (Lipinski definition) is 3. The van der Waals surface area contributed by atoms with E-state index in [9.17, 15) is 9.59 Å². The van der Waals surface area contributed by atoms with Crippen LogP contribution < -0.4 is 16.4 Å². The second-order valence-electron chi connectivity index (χ2n) is 3.88. The number of thiocarbonyl (C=S) groups is 1. The van der Waals surface area contributed by atoms with Crippen molar-refractivity contribution in [3.63, 3.8) is 0 Å². The van der Waals surface area contributed by atoms with Crippen molar-refractivity contribution < 1.29 is 14.3 Å². The number of nitrogens with one attached hydrogen (secondary N) is 2. The zero-order valence-electron chi connectivity index (χ0n) is 11.0. The summed E-state index contributed by atoms with van der Waals surface area (Å²) in [4.78, 5) is 23.5. The largest absolute Gasteiger partial charge is 0.393 e. The monoisotopic (exact) mass is 275 g/mol. The molecule has 2 atom stereocenters. The molecule has 0 rings (SSSR count). The van der Waals surface area contributed by atoms with Crippen molar-refractivity contribution in [2.45, 2.75) is 26.3 Å². The molecule has 18 heavy (non-hydrogen) atoms. The van der Waals surface area contributed by atoms with E-state index in [0.717, 1.165) is 0 Å². The molecule has 104 valence electrons. The Labute approximate surface area is 113 Å². The van der Waals surface area contributed by atoms with Crippen LogP contribution in [0.25, 0.3) is 0 Å². The molecule has 0 aliphatic carbocycles. The summed E-state index contributed by atoms with van der Waals surface area (Å²) in [5.74, 6) is -1.12. The lowest BCUT2D eigenvalue weighted by atomic mass is 10.1. The first-order chi connectivity index (χ1) is 8.43. The molecule has 2 unspecified atom stereocenters. The maximum atomic E-state index is 11.8. The van der Waals surface area contributed by atoms with Gasteiger partial charge in [0.2, 0.25) is 11.8 Å². The molecule has 0 spiro atoms. The highest BCUT2D eigenvalue weighted by atomic mass is 32.1. The van der Waals surface area contributed by atoms with Gasteiger partial charge in [0.05, 0.1) is 17.5 Å². The third-order valence-electron chi connectivity index (χ3n) is 2.43. The van der Waals surface area contributed by atoms with E-state index >= 15 is 0 Å². The summed E-state index contributed by atoms with van der Waals surface area (Å²) >= 11 is 4.80. The lowest BCUT2D eigenvalue weighted by Gasteiger charge is -2.18. The maximum absolute atomic E-state index is 11.8. The minimum absolute atomic E-state index is 0.141. The van der Waals surface area contributed by atoms with Crippen LogP contribution in [-0.4, -0.2) is 43.1 Å². The smallest absolute Gasteiger partial charge is 0.242 e. The van der Waals surface area contributed by atoms with Crippen LogP contribution in [-0.2, 0) is 14.3 Å². The van der Waals surface area contributed by atoms with Crippen LogP contribution in [0.2, 0.25) is 0 Å². The number of carbonyl (C=O) groups is 2. The molecular formula is C11H21N3O3S. The minimum Gasteiger partial charge on any atom is -0.393 e. The molecule has 0 aromatic heterocycles. The summed E-state index contributed by atoms with van der Waals surface area (Å²) in [6.45, 7) is 4.25. The Morgan fingerprint density at radius 1 is 1.39 bits per heavy atom. The zero-order chi connectivity index (χ0) is 14.1. The Kier molecular flexibility index (Phi) is 8.23. The average Bonchev–Trinajstić information content (AvgIpc) is 2.29. The van der Waals surface area contributed by atoms with E-state index in [2.05, 4.69) is 10.6 Å². The third kappa shape index (κ3) is 5.92. The van der Waals surface area contributed by atoms with Crippen molar-refractivity contribution in [2.75, 3.05) is 20.3 Å². The highest BCUT2D eigenvalue weighted by Gasteiger charge is 2.23. The van der Waals surface area contributed by atoms with Crippen molar-refractivity contribution in [1.29, 1.82) is 0 Å². The number of ether oxygens (including phenoxy) is 1. The van der Waals surface area contributed by atoms with Gasteiger partial charge in [0.15, 0.2) is 0 Å². The molecule has 7 heteroatoms. The molecular weight excluding hydrogens is 254 g/mol. The van der Waals surface area contributed by atoms with Crippen LogP contribution >= 0.6 is 12.2 Å². The maximum Gasteiger partial charge on any atom is 0.242 e. The van der Waals surface area contributed by atoms with Gasteiger partial charge in [-0.3, -0.25) is 9.59 Å². The minimum atomic E-state index is -0.627. The summed E-state index contributed by atoms with van der Waals surface area (Å²) in [6.07, 6.45) is 0.513. The summed E-state index contributed by atoms with van der Waals surface area (Å²) in [7, 11) is 1.55. The van der Waals surface area contributed by atoms with Crippen molar-refractivity contribution in [2.24, 2.45) is 11.7 Å². The quantitative estimate of drug-likeness (QED) is 0.413. The van der Waals surface area contributed by atoms with Crippen LogP contribution in [0.1, 0.15) is 20.3 Å². The van der Waals surface area contributed by atoms with Gasteiger partial charge in [0.1, 0.15) is 6.04 Å². The number of amides is 2. The van der Waals surface area contributed by atoms with Gasteiger partial charge in [-0.25, -0.2) is 0 Å². The molecule has 0 aliphatic rings. The molecule has 0 saturated carbocycles. The second-order valence-corrected chi connectivity index (χ2v) is 4.35. The van der Waals surface area contributed by atoms with Gasteiger partial charge in [-0.15, -0.1) is 0 Å². The molecule has 0 aliphatic heterocycles. The second kappa shape index (κ2) is 8.82. The SMILES string of the molecule is CCC(C(=O)NC(C)C(=O)NCCOC)C(N)=S. The highest BCUT2D eigenvalue weighted by Crippen LogP contribution is 2.03. The summed E-state index contributed by atoms with van der Waals surface area (Å²) < 4.78 is 4.80. The molecule has 0 saturated heterocycles. The molecule has 6 nitrogen and oxygen atoms in total. The number of hydrogen-bond acceptors (Lipinski definition) is 4. The topological polar surface area (TPSA) is 93.5 Å². The Balaban J connectivity index is 4.21.